The quantitative estimate of drug-likeness (QED) is 0.568. The normalized spacial score (nSPS) is 10.4. The van der Waals surface area contributed by atoms with Gasteiger partial charge in [0.1, 0.15) is 5.82 Å². The Hall–Kier alpha value is -1.88. The summed E-state index contributed by atoms with van der Waals surface area (Å²) < 4.78 is 4.61. The van der Waals surface area contributed by atoms with E-state index >= 15 is 0 Å². The summed E-state index contributed by atoms with van der Waals surface area (Å²) in [6, 6.07) is 3.24. The lowest BCUT2D eigenvalue weighted by Gasteiger charge is -2.04. The van der Waals surface area contributed by atoms with E-state index in [9.17, 15) is 4.79 Å². The van der Waals surface area contributed by atoms with E-state index in [1.165, 1.54) is 7.11 Å². The Bertz CT molecular complexity index is 377. The molecule has 0 aliphatic rings. The molecule has 0 aliphatic heterocycles. The van der Waals surface area contributed by atoms with Crippen molar-refractivity contribution in [1.29, 1.82) is 0 Å². The molecule has 16 heavy (non-hydrogen) atoms. The molecule has 1 rings (SSSR count). The Morgan fingerprint density at radius 2 is 2.44 bits per heavy atom. The first kappa shape index (κ1) is 12.2. The van der Waals surface area contributed by atoms with Crippen molar-refractivity contribution in [2.24, 2.45) is 5.73 Å². The highest BCUT2D eigenvalue weighted by Gasteiger charge is 2.05. The molecule has 0 bridgehead atoms. The molecule has 0 unspecified atom stereocenters. The molecule has 86 valence electrons. The van der Waals surface area contributed by atoms with Gasteiger partial charge in [0, 0.05) is 19.3 Å². The van der Waals surface area contributed by atoms with Crippen molar-refractivity contribution in [2.45, 2.75) is 0 Å². The second-order valence-corrected chi connectivity index (χ2v) is 3.01. The van der Waals surface area contributed by atoms with Gasteiger partial charge in [-0.2, -0.15) is 0 Å². The molecule has 0 amide bonds. The minimum Gasteiger partial charge on any atom is -0.465 e. The molecule has 5 heteroatoms. The van der Waals surface area contributed by atoms with Gasteiger partial charge in [-0.25, -0.2) is 9.78 Å². The Morgan fingerprint density at radius 1 is 1.62 bits per heavy atom. The van der Waals surface area contributed by atoms with Gasteiger partial charge in [0.15, 0.2) is 0 Å². The number of hydrogen-bond acceptors (Lipinski definition) is 5. The van der Waals surface area contributed by atoms with Crippen molar-refractivity contribution in [3.63, 3.8) is 0 Å². The monoisotopic (exact) mass is 221 g/mol. The van der Waals surface area contributed by atoms with Crippen molar-refractivity contribution < 1.29 is 9.53 Å². The first-order chi connectivity index (χ1) is 7.77. The molecule has 0 saturated heterocycles. The molecule has 0 radical (unpaired) electrons. The summed E-state index contributed by atoms with van der Waals surface area (Å²) in [6.07, 6.45) is 5.30. The molecule has 0 spiro atoms. The zero-order valence-corrected chi connectivity index (χ0v) is 9.14. The number of esters is 1. The standard InChI is InChI=1S/C11H15N3O2/c1-16-11(15)9-4-7-14-10(8-9)13-6-3-2-5-12/h2-4,7-8H,5-6,12H2,1H3,(H,13,14)/b3-2+. The molecule has 1 aromatic heterocycles. The van der Waals surface area contributed by atoms with Crippen molar-refractivity contribution >= 4 is 11.8 Å². The van der Waals surface area contributed by atoms with Crippen LogP contribution in [0.3, 0.4) is 0 Å². The van der Waals surface area contributed by atoms with Gasteiger partial charge in [-0.3, -0.25) is 0 Å². The van der Waals surface area contributed by atoms with Crippen LogP contribution in [0.4, 0.5) is 5.82 Å². The highest BCUT2D eigenvalue weighted by atomic mass is 16.5. The fourth-order valence-corrected chi connectivity index (χ4v) is 1.12. The Labute approximate surface area is 94.3 Å². The molecule has 0 atom stereocenters. The van der Waals surface area contributed by atoms with Gasteiger partial charge in [-0.1, -0.05) is 12.2 Å². The lowest BCUT2D eigenvalue weighted by Crippen LogP contribution is -2.05. The number of nitrogens with one attached hydrogen (secondary N) is 1. The zero-order chi connectivity index (χ0) is 11.8. The predicted octanol–water partition coefficient (Wildman–Crippen LogP) is 0.795. The maximum absolute atomic E-state index is 11.2. The van der Waals surface area contributed by atoms with E-state index in [-0.39, 0.29) is 5.97 Å². The van der Waals surface area contributed by atoms with Crippen LogP contribution in [0.5, 0.6) is 0 Å². The third kappa shape index (κ3) is 3.70. The number of pyridine rings is 1. The van der Waals surface area contributed by atoms with Gasteiger partial charge in [0.05, 0.1) is 12.7 Å². The number of rotatable bonds is 5. The van der Waals surface area contributed by atoms with Crippen LogP contribution in [-0.4, -0.2) is 31.2 Å². The highest BCUT2D eigenvalue weighted by Crippen LogP contribution is 2.07. The van der Waals surface area contributed by atoms with Crippen LogP contribution >= 0.6 is 0 Å². The number of carbonyl (C=O) groups is 1. The second-order valence-electron chi connectivity index (χ2n) is 3.01. The lowest BCUT2D eigenvalue weighted by atomic mass is 10.2. The van der Waals surface area contributed by atoms with Gasteiger partial charge in [0.2, 0.25) is 0 Å². The topological polar surface area (TPSA) is 77.2 Å². The van der Waals surface area contributed by atoms with Gasteiger partial charge in [-0.15, -0.1) is 0 Å². The van der Waals surface area contributed by atoms with E-state index < -0.39 is 0 Å². The molecular formula is C11H15N3O2. The third-order valence-corrected chi connectivity index (χ3v) is 1.88. The number of methoxy groups -OCH3 is 1. The summed E-state index contributed by atoms with van der Waals surface area (Å²) in [6.45, 7) is 1.13. The van der Waals surface area contributed by atoms with Crippen molar-refractivity contribution in [3.8, 4) is 0 Å². The number of carbonyl (C=O) groups excluding carboxylic acids is 1. The summed E-state index contributed by atoms with van der Waals surface area (Å²) in [4.78, 5) is 15.3. The van der Waals surface area contributed by atoms with E-state index in [0.29, 0.717) is 24.5 Å². The van der Waals surface area contributed by atoms with Crippen LogP contribution in [0.1, 0.15) is 10.4 Å². The predicted molar refractivity (Wildman–Crippen MR) is 62.3 cm³/mol. The smallest absolute Gasteiger partial charge is 0.338 e. The average Bonchev–Trinajstić information content (AvgIpc) is 2.34. The third-order valence-electron chi connectivity index (χ3n) is 1.88. The lowest BCUT2D eigenvalue weighted by molar-refractivity contribution is 0.0600. The van der Waals surface area contributed by atoms with Gasteiger partial charge < -0.3 is 15.8 Å². The molecule has 0 saturated carbocycles. The van der Waals surface area contributed by atoms with Crippen LogP contribution in [0.2, 0.25) is 0 Å². The number of aromatic nitrogens is 1. The number of nitrogens with two attached hydrogens (primary N) is 1. The molecule has 1 heterocycles. The maximum atomic E-state index is 11.2. The summed E-state index contributed by atoms with van der Waals surface area (Å²) >= 11 is 0. The first-order valence-electron chi connectivity index (χ1n) is 4.91. The minimum atomic E-state index is -0.372. The van der Waals surface area contributed by atoms with Gasteiger partial charge in [0.25, 0.3) is 0 Å². The summed E-state index contributed by atoms with van der Waals surface area (Å²) in [5, 5.41) is 3.04. The molecule has 3 N–H and O–H groups in total. The van der Waals surface area contributed by atoms with E-state index in [1.807, 2.05) is 12.2 Å². The Balaban J connectivity index is 2.60. The fraction of sp³-hybridized carbons (Fsp3) is 0.273. The number of hydrogen-bond donors (Lipinski definition) is 2. The second kappa shape index (κ2) is 6.58. The van der Waals surface area contributed by atoms with Crippen LogP contribution in [0, 0.1) is 0 Å². The number of ether oxygens (including phenoxy) is 1. The average molecular weight is 221 g/mol. The van der Waals surface area contributed by atoms with E-state index in [1.54, 1.807) is 18.3 Å². The van der Waals surface area contributed by atoms with Gasteiger partial charge >= 0.3 is 5.97 Å². The maximum Gasteiger partial charge on any atom is 0.338 e. The van der Waals surface area contributed by atoms with Crippen LogP contribution in [0.25, 0.3) is 0 Å². The number of anilines is 1. The number of nitrogens with zero attached hydrogens (tertiary/aromatic N) is 1. The van der Waals surface area contributed by atoms with E-state index in [4.69, 9.17) is 5.73 Å². The van der Waals surface area contributed by atoms with E-state index in [0.717, 1.165) is 0 Å². The van der Waals surface area contributed by atoms with Crippen molar-refractivity contribution in [2.75, 3.05) is 25.5 Å². The van der Waals surface area contributed by atoms with Crippen molar-refractivity contribution in [3.05, 3.63) is 36.0 Å². The first-order valence-corrected chi connectivity index (χ1v) is 4.91. The van der Waals surface area contributed by atoms with Crippen LogP contribution in [-0.2, 0) is 4.74 Å². The van der Waals surface area contributed by atoms with Crippen LogP contribution in [0.15, 0.2) is 30.5 Å². The summed E-state index contributed by atoms with van der Waals surface area (Å²) in [5.41, 5.74) is 5.77. The Kier molecular flexibility index (Phi) is 5.01. The SMILES string of the molecule is COC(=O)c1ccnc(NC/C=C/CN)c1. The summed E-state index contributed by atoms with van der Waals surface area (Å²) in [7, 11) is 1.35. The molecule has 0 fully saturated rings. The molecular weight excluding hydrogens is 206 g/mol. The molecule has 1 aromatic rings. The molecule has 5 nitrogen and oxygen atoms in total. The van der Waals surface area contributed by atoms with Gasteiger partial charge in [-0.05, 0) is 12.1 Å². The largest absolute Gasteiger partial charge is 0.465 e. The zero-order valence-electron chi connectivity index (χ0n) is 9.14. The molecule has 0 aromatic carbocycles. The van der Waals surface area contributed by atoms with Crippen molar-refractivity contribution in [1.82, 2.24) is 4.98 Å². The highest BCUT2D eigenvalue weighted by molar-refractivity contribution is 5.89. The fourth-order valence-electron chi connectivity index (χ4n) is 1.12. The van der Waals surface area contributed by atoms with Crippen LogP contribution < -0.4 is 11.1 Å². The summed E-state index contributed by atoms with van der Waals surface area (Å²) in [5.74, 6) is 0.257. The Morgan fingerprint density at radius 3 is 3.12 bits per heavy atom. The molecule has 0 aliphatic carbocycles. The van der Waals surface area contributed by atoms with E-state index in [2.05, 4.69) is 15.0 Å². The minimum absolute atomic E-state index is 0.372.